The van der Waals surface area contributed by atoms with Crippen molar-refractivity contribution in [1.82, 2.24) is 20.6 Å². The van der Waals surface area contributed by atoms with Gasteiger partial charge in [0.15, 0.2) is 49.6 Å². The average Bonchev–Trinajstić information content (AvgIpc) is 3.99. The van der Waals surface area contributed by atoms with Gasteiger partial charge in [-0.25, -0.2) is 18.3 Å². The zero-order valence-corrected chi connectivity index (χ0v) is 36.6. The quantitative estimate of drug-likeness (QED) is 0.105. The number of halogens is 4. The van der Waals surface area contributed by atoms with Crippen molar-refractivity contribution >= 4 is 0 Å². The predicted octanol–water partition coefficient (Wildman–Crippen LogP) is -9.05. The first kappa shape index (κ1) is 46.1. The molecule has 0 radical (unpaired) electrons. The Morgan fingerprint density at radius 3 is 0.737 bits per heavy atom. The summed E-state index contributed by atoms with van der Waals surface area (Å²) in [6, 6.07) is 27.1. The van der Waals surface area contributed by atoms with Crippen LogP contribution < -0.4 is 88.5 Å². The molecule has 6 aromatic heterocycles. The SMILES string of the molecule is C[n+]1ccc(C2c3ccc([n-]3)C(c3cc[n+](C)cc3)C3C=CC(N3)C(c3cc[n+](C)cc3)c3ccc([n-]3)C(c3cc[n+](C)cc3)C3C=CC2N3)cc1.[Cl-].[Cl-].[Cl-].[Cl-].[Pd+2]. The summed E-state index contributed by atoms with van der Waals surface area (Å²) in [7, 11) is 8.27. The van der Waals surface area contributed by atoms with Crippen molar-refractivity contribution in [3.63, 3.8) is 0 Å². The van der Waals surface area contributed by atoms with Gasteiger partial charge in [0, 0.05) is 96.4 Å². The van der Waals surface area contributed by atoms with E-state index in [1.807, 2.05) is 0 Å². The van der Waals surface area contributed by atoms with Gasteiger partial charge >= 0.3 is 20.4 Å². The van der Waals surface area contributed by atoms with E-state index < -0.39 is 0 Å². The molecule has 0 aliphatic carbocycles. The average molecular weight is 935 g/mol. The summed E-state index contributed by atoms with van der Waals surface area (Å²) in [4.78, 5) is 11.1. The standard InChI is InChI=1S/C44H46N8.4ClH.Pd/c1-49-21-13-29(14-22-49)41-33-5-7-35(45-33)42(30-15-23-50(2)24-16-30)37-9-11-39(47-37)44(32-19-27-52(4)28-20-32)40-12-10-38(48-40)43(36-8-6-34(41)46-36)31-17-25-51(3)26-18-31;;;;;/h5-28,33,35,38,40-45,48H,1-4H3;4*1H;/q+2;;;;;+2/p-4. The predicted molar refractivity (Wildman–Crippen MR) is 197 cm³/mol. The molecule has 8 nitrogen and oxygen atoms in total. The number of nitrogens with zero attached hydrogens (tertiary/aromatic N) is 6. The van der Waals surface area contributed by atoms with E-state index in [0.29, 0.717) is 0 Å². The molecular weight excluding hydrogens is 889 g/mol. The molecule has 8 unspecified atom stereocenters. The van der Waals surface area contributed by atoms with Crippen LogP contribution in [0.1, 0.15) is 68.7 Å². The van der Waals surface area contributed by atoms with Crippen molar-refractivity contribution < 1.29 is 88.3 Å². The van der Waals surface area contributed by atoms with Crippen LogP contribution in [-0.2, 0) is 48.6 Å². The first-order valence-electron chi connectivity index (χ1n) is 18.3. The first-order valence-corrected chi connectivity index (χ1v) is 18.3. The van der Waals surface area contributed by atoms with Crippen LogP contribution in [0.3, 0.4) is 0 Å². The number of aryl methyl sites for hydroxylation is 4. The molecule has 9 heterocycles. The van der Waals surface area contributed by atoms with Gasteiger partial charge in [-0.2, -0.15) is 22.8 Å². The number of fused-ring (bicyclic) bond motifs is 8. The Balaban J connectivity index is 0.00000144. The van der Waals surface area contributed by atoms with Crippen LogP contribution in [0.4, 0.5) is 0 Å². The van der Waals surface area contributed by atoms with E-state index in [0.717, 1.165) is 22.8 Å². The van der Waals surface area contributed by atoms with Gasteiger partial charge in [-0.1, -0.05) is 48.6 Å². The van der Waals surface area contributed by atoms with Crippen LogP contribution in [0.25, 0.3) is 0 Å². The molecule has 3 aliphatic heterocycles. The largest absolute Gasteiger partial charge is 2.00 e. The second-order valence-corrected chi connectivity index (χ2v) is 14.9. The third kappa shape index (κ3) is 9.18. The maximum atomic E-state index is 5.54. The summed E-state index contributed by atoms with van der Waals surface area (Å²) >= 11 is 0. The Kier molecular flexibility index (Phi) is 15.7. The first-order chi connectivity index (χ1) is 25.4. The Morgan fingerprint density at radius 1 is 0.351 bits per heavy atom. The van der Waals surface area contributed by atoms with Crippen LogP contribution >= 0.6 is 0 Å². The monoisotopic (exact) mass is 932 g/mol. The van der Waals surface area contributed by atoms with Crippen LogP contribution in [0.5, 0.6) is 0 Å². The Hall–Kier alpha value is -3.62. The van der Waals surface area contributed by atoms with Crippen molar-refractivity contribution in [2.24, 2.45) is 28.2 Å². The molecule has 0 amide bonds. The van der Waals surface area contributed by atoms with Crippen molar-refractivity contribution in [2.75, 3.05) is 0 Å². The molecule has 300 valence electrons. The maximum Gasteiger partial charge on any atom is 2.00 e. The summed E-state index contributed by atoms with van der Waals surface area (Å²) in [6.07, 6.45) is 26.6. The molecule has 13 heteroatoms. The Labute approximate surface area is 374 Å². The van der Waals surface area contributed by atoms with Gasteiger partial charge in [-0.15, -0.1) is 0 Å². The maximum absolute atomic E-state index is 5.54. The second-order valence-electron chi connectivity index (χ2n) is 14.9. The minimum absolute atomic E-state index is 0. The molecular formula is C44H46Cl4N8Pd. The van der Waals surface area contributed by atoms with Crippen molar-refractivity contribution in [3.8, 4) is 0 Å². The third-order valence-corrected chi connectivity index (χ3v) is 11.4. The summed E-state index contributed by atoms with van der Waals surface area (Å²) in [5, 5.41) is 8.18. The number of pyridine rings is 4. The normalized spacial score (nSPS) is 24.2. The summed E-state index contributed by atoms with van der Waals surface area (Å²) < 4.78 is 8.37. The topological polar surface area (TPSA) is 67.8 Å². The van der Waals surface area contributed by atoms with E-state index in [-0.39, 0.29) is 118 Å². The Morgan fingerprint density at radius 2 is 0.544 bits per heavy atom. The fraction of sp³-hybridized carbons (Fsp3) is 0.273. The number of rotatable bonds is 4. The van der Waals surface area contributed by atoms with E-state index in [2.05, 4.69) is 204 Å². The zero-order valence-electron chi connectivity index (χ0n) is 32.0. The van der Waals surface area contributed by atoms with Gasteiger partial charge < -0.3 is 70.2 Å². The van der Waals surface area contributed by atoms with Crippen LogP contribution in [0, 0.1) is 0 Å². The van der Waals surface area contributed by atoms with E-state index in [1.54, 1.807) is 0 Å². The molecule has 3 aliphatic rings. The molecule has 6 aromatic rings. The summed E-state index contributed by atoms with van der Waals surface area (Å²) in [5.41, 5.74) is 9.28. The minimum atomic E-state index is 0. The number of nitrogens with one attached hydrogen (secondary N) is 2. The number of aromatic nitrogens is 6. The molecule has 0 saturated carbocycles. The van der Waals surface area contributed by atoms with Crippen LogP contribution in [0.15, 0.2) is 147 Å². The number of hydrogen-bond donors (Lipinski definition) is 2. The smallest absolute Gasteiger partial charge is 1.00 e. The van der Waals surface area contributed by atoms with Gasteiger partial charge in [-0.3, -0.25) is 0 Å². The molecule has 0 aromatic carbocycles. The molecule has 57 heavy (non-hydrogen) atoms. The fourth-order valence-corrected chi connectivity index (χ4v) is 8.58. The zero-order chi connectivity index (χ0) is 35.3. The second kappa shape index (κ2) is 19.4. The molecule has 8 bridgehead atoms. The van der Waals surface area contributed by atoms with Crippen molar-refractivity contribution in [2.45, 2.75) is 47.8 Å². The van der Waals surface area contributed by atoms with Gasteiger partial charge in [0.25, 0.3) is 0 Å². The number of hydrogen-bond acceptors (Lipinski definition) is 2. The van der Waals surface area contributed by atoms with Gasteiger partial charge in [0.1, 0.15) is 28.2 Å². The summed E-state index contributed by atoms with van der Waals surface area (Å²) in [6.45, 7) is 0. The molecule has 2 N–H and O–H groups in total. The van der Waals surface area contributed by atoms with E-state index >= 15 is 0 Å². The van der Waals surface area contributed by atoms with E-state index in [9.17, 15) is 0 Å². The molecule has 8 atom stereocenters. The van der Waals surface area contributed by atoms with E-state index in [4.69, 9.17) is 9.97 Å². The third-order valence-electron chi connectivity index (χ3n) is 11.4. The van der Waals surface area contributed by atoms with Crippen LogP contribution in [0.2, 0.25) is 0 Å². The minimum Gasteiger partial charge on any atom is -1.00 e. The summed E-state index contributed by atoms with van der Waals surface area (Å²) in [5.74, 6) is 0.109. The van der Waals surface area contributed by atoms with Gasteiger partial charge in [0.05, 0.1) is 0 Å². The Bertz CT molecular complexity index is 1940. The van der Waals surface area contributed by atoms with Crippen molar-refractivity contribution in [3.05, 3.63) is 192 Å². The molecule has 9 rings (SSSR count). The molecule has 0 fully saturated rings. The molecule has 0 saturated heterocycles. The van der Waals surface area contributed by atoms with Gasteiger partial charge in [0.2, 0.25) is 0 Å². The van der Waals surface area contributed by atoms with Gasteiger partial charge in [-0.05, 0) is 22.3 Å². The van der Waals surface area contributed by atoms with Crippen molar-refractivity contribution in [1.29, 1.82) is 0 Å². The van der Waals surface area contributed by atoms with E-state index in [1.165, 1.54) is 22.3 Å². The van der Waals surface area contributed by atoms with Crippen LogP contribution in [-0.4, -0.2) is 24.2 Å². The molecule has 0 spiro atoms. The fourth-order valence-electron chi connectivity index (χ4n) is 8.58.